The highest BCUT2D eigenvalue weighted by Gasteiger charge is 2.25. The summed E-state index contributed by atoms with van der Waals surface area (Å²) < 4.78 is 26.8. The Balaban J connectivity index is 1.92. The maximum Gasteiger partial charge on any atom is 0.250 e. The first kappa shape index (κ1) is 15.8. The van der Waals surface area contributed by atoms with Gasteiger partial charge < -0.3 is 0 Å². The van der Waals surface area contributed by atoms with Crippen LogP contribution in [0.5, 0.6) is 0 Å². The molecule has 6 nitrogen and oxygen atoms in total. The molecule has 0 unspecified atom stereocenters. The summed E-state index contributed by atoms with van der Waals surface area (Å²) in [6.07, 6.45) is 2.13. The number of hydrogen-bond acceptors (Lipinski definition) is 6. The van der Waals surface area contributed by atoms with Gasteiger partial charge in [0.1, 0.15) is 5.69 Å². The van der Waals surface area contributed by atoms with Gasteiger partial charge in [-0.25, -0.2) is 8.42 Å². The second-order valence-electron chi connectivity index (χ2n) is 4.91. The van der Waals surface area contributed by atoms with E-state index in [1.54, 1.807) is 34.2 Å². The molecule has 3 aromatic rings. The minimum atomic E-state index is -3.50. The van der Waals surface area contributed by atoms with Gasteiger partial charge in [0.2, 0.25) is 15.0 Å². The van der Waals surface area contributed by atoms with Gasteiger partial charge in [-0.05, 0) is 36.9 Å². The summed E-state index contributed by atoms with van der Waals surface area (Å²) in [6, 6.07) is 9.28. The number of thiophene rings is 1. The summed E-state index contributed by atoms with van der Waals surface area (Å²) in [5.74, 6) is 0.497. The standard InChI is InChI=1S/C15H16N4O2S2/c1-2-19-14(13-7-3-4-9-16-13)17-18-15(19)23(20,21)11-8-12-6-5-10-22-12/h3-7,9-10H,2,8,11H2,1H3. The summed E-state index contributed by atoms with van der Waals surface area (Å²) in [7, 11) is -3.50. The van der Waals surface area contributed by atoms with E-state index in [9.17, 15) is 8.42 Å². The summed E-state index contributed by atoms with van der Waals surface area (Å²) in [4.78, 5) is 5.27. The topological polar surface area (TPSA) is 77.7 Å². The minimum Gasteiger partial charge on any atom is -0.297 e. The van der Waals surface area contributed by atoms with E-state index in [0.717, 1.165) is 4.88 Å². The third-order valence-electron chi connectivity index (χ3n) is 3.40. The fourth-order valence-electron chi connectivity index (χ4n) is 2.27. The molecular weight excluding hydrogens is 332 g/mol. The van der Waals surface area contributed by atoms with E-state index in [4.69, 9.17) is 0 Å². The Morgan fingerprint density at radius 3 is 2.70 bits per heavy atom. The van der Waals surface area contributed by atoms with Gasteiger partial charge in [0.25, 0.3) is 0 Å². The SMILES string of the molecule is CCn1c(-c2ccccn2)nnc1S(=O)(=O)CCc1cccs1. The monoisotopic (exact) mass is 348 g/mol. The van der Waals surface area contributed by atoms with Crippen molar-refractivity contribution in [2.75, 3.05) is 5.75 Å². The van der Waals surface area contributed by atoms with E-state index in [2.05, 4.69) is 15.2 Å². The van der Waals surface area contributed by atoms with E-state index >= 15 is 0 Å². The quantitative estimate of drug-likeness (QED) is 0.684. The van der Waals surface area contributed by atoms with Crippen LogP contribution in [-0.4, -0.2) is 33.9 Å². The van der Waals surface area contributed by atoms with Crippen molar-refractivity contribution >= 4 is 21.2 Å². The lowest BCUT2D eigenvalue weighted by Gasteiger charge is -2.07. The third kappa shape index (κ3) is 3.32. The molecule has 0 aliphatic rings. The fraction of sp³-hybridized carbons (Fsp3) is 0.267. The molecule has 0 aliphatic heterocycles. The van der Waals surface area contributed by atoms with Gasteiger partial charge in [0, 0.05) is 17.6 Å². The highest BCUT2D eigenvalue weighted by molar-refractivity contribution is 7.91. The molecule has 3 heterocycles. The molecule has 23 heavy (non-hydrogen) atoms. The number of hydrogen-bond donors (Lipinski definition) is 0. The molecule has 0 N–H and O–H groups in total. The molecule has 0 atom stereocenters. The van der Waals surface area contributed by atoms with Gasteiger partial charge in [-0.15, -0.1) is 21.5 Å². The van der Waals surface area contributed by atoms with Crippen molar-refractivity contribution in [1.29, 1.82) is 0 Å². The van der Waals surface area contributed by atoms with Crippen LogP contribution in [0.1, 0.15) is 11.8 Å². The molecule has 120 valence electrons. The van der Waals surface area contributed by atoms with Crippen molar-refractivity contribution in [3.05, 3.63) is 46.8 Å². The average Bonchev–Trinajstić information content (AvgIpc) is 3.23. The van der Waals surface area contributed by atoms with Crippen LogP contribution in [-0.2, 0) is 22.8 Å². The molecule has 0 bridgehead atoms. The molecule has 0 saturated carbocycles. The van der Waals surface area contributed by atoms with Crippen LogP contribution < -0.4 is 0 Å². The molecule has 0 radical (unpaired) electrons. The predicted octanol–water partition coefficient (Wildman–Crippen LogP) is 2.44. The van der Waals surface area contributed by atoms with Crippen LogP contribution in [0.25, 0.3) is 11.5 Å². The molecule has 3 aromatic heterocycles. The molecule has 8 heteroatoms. The number of pyridine rings is 1. The Morgan fingerprint density at radius 2 is 2.04 bits per heavy atom. The number of aromatic nitrogens is 4. The first-order valence-electron chi connectivity index (χ1n) is 7.21. The zero-order valence-electron chi connectivity index (χ0n) is 12.6. The number of aryl methyl sites for hydroxylation is 1. The van der Waals surface area contributed by atoms with E-state index < -0.39 is 9.84 Å². The van der Waals surface area contributed by atoms with Crippen molar-refractivity contribution < 1.29 is 8.42 Å². The molecule has 3 rings (SSSR count). The van der Waals surface area contributed by atoms with Crippen LogP contribution in [0.2, 0.25) is 0 Å². The lowest BCUT2D eigenvalue weighted by Crippen LogP contribution is -2.15. The van der Waals surface area contributed by atoms with Gasteiger partial charge in [-0.2, -0.15) is 0 Å². The summed E-state index contributed by atoms with van der Waals surface area (Å²) in [6.45, 7) is 2.33. The fourth-order valence-corrected chi connectivity index (χ4v) is 4.50. The lowest BCUT2D eigenvalue weighted by atomic mass is 10.3. The van der Waals surface area contributed by atoms with E-state index in [0.29, 0.717) is 24.5 Å². The van der Waals surface area contributed by atoms with Crippen molar-refractivity contribution in [2.45, 2.75) is 25.0 Å². The van der Waals surface area contributed by atoms with Crippen molar-refractivity contribution in [3.63, 3.8) is 0 Å². The molecule has 0 amide bonds. The Labute approximate surface area is 138 Å². The van der Waals surface area contributed by atoms with Crippen LogP contribution in [0.4, 0.5) is 0 Å². The predicted molar refractivity (Wildman–Crippen MR) is 89.0 cm³/mol. The van der Waals surface area contributed by atoms with Crippen molar-refractivity contribution in [2.24, 2.45) is 0 Å². The van der Waals surface area contributed by atoms with E-state index in [1.165, 1.54) is 0 Å². The van der Waals surface area contributed by atoms with Gasteiger partial charge >= 0.3 is 0 Å². The average molecular weight is 348 g/mol. The van der Waals surface area contributed by atoms with Crippen LogP contribution in [0.3, 0.4) is 0 Å². The van der Waals surface area contributed by atoms with Gasteiger partial charge in [0.05, 0.1) is 5.75 Å². The minimum absolute atomic E-state index is 0.0113. The Morgan fingerprint density at radius 1 is 1.17 bits per heavy atom. The second kappa shape index (κ2) is 6.59. The van der Waals surface area contributed by atoms with Gasteiger partial charge in [-0.3, -0.25) is 9.55 Å². The second-order valence-corrected chi connectivity index (χ2v) is 7.95. The van der Waals surface area contributed by atoms with Gasteiger partial charge in [-0.1, -0.05) is 12.1 Å². The Hall–Kier alpha value is -2.06. The Kier molecular flexibility index (Phi) is 4.53. The zero-order valence-corrected chi connectivity index (χ0v) is 14.2. The molecular formula is C15H16N4O2S2. The highest BCUT2D eigenvalue weighted by atomic mass is 32.2. The third-order valence-corrected chi connectivity index (χ3v) is 5.94. The van der Waals surface area contributed by atoms with Crippen molar-refractivity contribution in [1.82, 2.24) is 19.7 Å². The number of nitrogens with zero attached hydrogens (tertiary/aromatic N) is 4. The van der Waals surface area contributed by atoms with Crippen molar-refractivity contribution in [3.8, 4) is 11.5 Å². The molecule has 0 spiro atoms. The lowest BCUT2D eigenvalue weighted by molar-refractivity contribution is 0.568. The maximum atomic E-state index is 12.6. The summed E-state index contributed by atoms with van der Waals surface area (Å²) >= 11 is 1.55. The largest absolute Gasteiger partial charge is 0.297 e. The zero-order chi connectivity index (χ0) is 16.3. The maximum absolute atomic E-state index is 12.6. The van der Waals surface area contributed by atoms with Crippen LogP contribution in [0, 0.1) is 0 Å². The first-order chi connectivity index (χ1) is 11.1. The first-order valence-corrected chi connectivity index (χ1v) is 9.75. The highest BCUT2D eigenvalue weighted by Crippen LogP contribution is 2.20. The summed E-state index contributed by atoms with van der Waals surface area (Å²) in [5.41, 5.74) is 0.613. The molecule has 0 aromatic carbocycles. The van der Waals surface area contributed by atoms with Gasteiger partial charge in [0.15, 0.2) is 5.82 Å². The molecule has 0 fully saturated rings. The summed E-state index contributed by atoms with van der Waals surface area (Å²) in [5, 5.41) is 9.92. The normalized spacial score (nSPS) is 11.7. The number of rotatable bonds is 6. The smallest absolute Gasteiger partial charge is 0.250 e. The van der Waals surface area contributed by atoms with Crippen LogP contribution in [0.15, 0.2) is 47.1 Å². The number of sulfone groups is 1. The van der Waals surface area contributed by atoms with E-state index in [-0.39, 0.29) is 10.9 Å². The Bertz CT molecular complexity index is 872. The van der Waals surface area contributed by atoms with Crippen LogP contribution >= 0.6 is 11.3 Å². The molecule has 0 aliphatic carbocycles. The van der Waals surface area contributed by atoms with E-state index in [1.807, 2.05) is 30.5 Å². The molecule has 0 saturated heterocycles.